The molecular formula is C24H24O5. The predicted octanol–water partition coefficient (Wildman–Crippen LogP) is 2.95. The Balaban J connectivity index is 0.000000353. The number of rotatable bonds is 5. The van der Waals surface area contributed by atoms with E-state index < -0.39 is 12.1 Å². The highest BCUT2D eigenvalue weighted by Gasteiger charge is 2.29. The van der Waals surface area contributed by atoms with Crippen LogP contribution in [0, 0.1) is 0 Å². The number of aliphatic hydroxyl groups excluding tert-OH is 3. The molecule has 2 aliphatic carbocycles. The number of carbonyl (C=O) groups is 1. The Kier molecular flexibility index (Phi) is 6.77. The van der Waals surface area contributed by atoms with Crippen LogP contribution in [-0.4, -0.2) is 45.7 Å². The summed E-state index contributed by atoms with van der Waals surface area (Å²) in [5, 5.41) is 33.4. The summed E-state index contributed by atoms with van der Waals surface area (Å²) in [4.78, 5) is 11.4. The summed E-state index contributed by atoms with van der Waals surface area (Å²) < 4.78 is 0. The second kappa shape index (κ2) is 9.47. The summed E-state index contributed by atoms with van der Waals surface area (Å²) in [5.74, 6) is -0.859. The van der Waals surface area contributed by atoms with Crippen LogP contribution in [0.25, 0.3) is 12.2 Å². The fourth-order valence-electron chi connectivity index (χ4n) is 3.65. The van der Waals surface area contributed by atoms with Crippen LogP contribution in [0.4, 0.5) is 0 Å². The number of carboxylic acids is 1. The highest BCUT2D eigenvalue weighted by Crippen LogP contribution is 2.45. The maximum Gasteiger partial charge on any atom is 0.328 e. The van der Waals surface area contributed by atoms with Crippen LogP contribution in [0.1, 0.15) is 34.1 Å². The molecule has 0 fully saturated rings. The number of carboxylic acid groups (broad SMARTS) is 1. The Morgan fingerprint density at radius 3 is 1.69 bits per heavy atom. The molecule has 0 heterocycles. The third-order valence-corrected chi connectivity index (χ3v) is 5.03. The molecule has 0 aromatic heterocycles. The number of benzene rings is 2. The Labute approximate surface area is 169 Å². The average molecular weight is 392 g/mol. The van der Waals surface area contributed by atoms with Gasteiger partial charge in [-0.2, -0.15) is 0 Å². The van der Waals surface area contributed by atoms with Crippen molar-refractivity contribution >= 4 is 18.1 Å². The third kappa shape index (κ3) is 4.71. The Bertz CT molecular complexity index is 890. The molecule has 2 aliphatic rings. The highest BCUT2D eigenvalue weighted by atomic mass is 16.4. The van der Waals surface area contributed by atoms with Gasteiger partial charge in [-0.3, -0.25) is 0 Å². The minimum absolute atomic E-state index is 0.0168. The van der Waals surface area contributed by atoms with E-state index in [1.54, 1.807) is 0 Å². The first-order valence-electron chi connectivity index (χ1n) is 9.43. The van der Waals surface area contributed by atoms with Gasteiger partial charge < -0.3 is 20.4 Å². The van der Waals surface area contributed by atoms with E-state index in [0.29, 0.717) is 0 Å². The number of allylic oxidation sites excluding steroid dienone is 3. The Morgan fingerprint density at radius 1 is 0.862 bits per heavy atom. The number of fused-ring (bicyclic) bond motifs is 2. The van der Waals surface area contributed by atoms with Gasteiger partial charge in [-0.1, -0.05) is 72.8 Å². The second-order valence-electron chi connectivity index (χ2n) is 6.93. The van der Waals surface area contributed by atoms with E-state index in [1.165, 1.54) is 28.3 Å². The summed E-state index contributed by atoms with van der Waals surface area (Å²) in [6.45, 7) is -0.729. The summed E-state index contributed by atoms with van der Waals surface area (Å²) in [6.07, 6.45) is 8.81. The van der Waals surface area contributed by atoms with Crippen LogP contribution in [0.3, 0.4) is 0 Å². The van der Waals surface area contributed by atoms with E-state index in [9.17, 15) is 9.90 Å². The van der Waals surface area contributed by atoms with Crippen molar-refractivity contribution < 1.29 is 25.2 Å². The first-order valence-corrected chi connectivity index (χ1v) is 9.43. The normalized spacial score (nSPS) is 18.1. The zero-order chi connectivity index (χ0) is 20.8. The van der Waals surface area contributed by atoms with Gasteiger partial charge in [0.15, 0.2) is 0 Å². The monoisotopic (exact) mass is 392 g/mol. The topological polar surface area (TPSA) is 98.0 Å². The molecule has 5 nitrogen and oxygen atoms in total. The zero-order valence-electron chi connectivity index (χ0n) is 15.8. The Morgan fingerprint density at radius 2 is 1.31 bits per heavy atom. The van der Waals surface area contributed by atoms with Gasteiger partial charge in [-0.05, 0) is 27.8 Å². The van der Waals surface area contributed by atoms with Crippen molar-refractivity contribution in [2.45, 2.75) is 17.9 Å². The standard InChI is InChI=1S/C21H16O2.C3H8O3/c22-21(23)13-20(18-11-9-14-5-1-3-7-16(14)18)19-12-10-15-6-2-4-8-17(15)19;4-1-3(6)2-5/h1-13,18-19H,(H,22,23);3-6H,1-2H2. The lowest BCUT2D eigenvalue weighted by atomic mass is 9.81. The molecule has 0 amide bonds. The molecule has 2 unspecified atom stereocenters. The van der Waals surface area contributed by atoms with E-state index in [1.807, 2.05) is 24.3 Å². The van der Waals surface area contributed by atoms with E-state index in [2.05, 4.69) is 48.6 Å². The van der Waals surface area contributed by atoms with Gasteiger partial charge >= 0.3 is 5.97 Å². The smallest absolute Gasteiger partial charge is 0.328 e. The summed E-state index contributed by atoms with van der Waals surface area (Å²) in [5.41, 5.74) is 5.61. The number of hydrogen-bond donors (Lipinski definition) is 4. The van der Waals surface area contributed by atoms with E-state index in [0.717, 1.165) is 5.57 Å². The van der Waals surface area contributed by atoms with Gasteiger partial charge in [0, 0.05) is 17.9 Å². The SMILES string of the molecule is O=C(O)C=C(C1C=Cc2ccccc21)C1C=Cc2ccccc21.OCC(O)CO. The van der Waals surface area contributed by atoms with Crippen LogP contribution in [0.5, 0.6) is 0 Å². The molecule has 0 saturated heterocycles. The van der Waals surface area contributed by atoms with Crippen molar-refractivity contribution in [2.75, 3.05) is 13.2 Å². The maximum atomic E-state index is 11.4. The molecule has 5 heteroatoms. The summed E-state index contributed by atoms with van der Waals surface area (Å²) in [7, 11) is 0. The lowest BCUT2D eigenvalue weighted by molar-refractivity contribution is -0.131. The molecule has 29 heavy (non-hydrogen) atoms. The average Bonchev–Trinajstić information content (AvgIpc) is 3.36. The van der Waals surface area contributed by atoms with Gasteiger partial charge in [-0.25, -0.2) is 4.79 Å². The number of aliphatic hydroxyl groups is 3. The summed E-state index contributed by atoms with van der Waals surface area (Å²) in [6, 6.07) is 16.4. The van der Waals surface area contributed by atoms with Crippen LogP contribution in [-0.2, 0) is 4.79 Å². The third-order valence-electron chi connectivity index (χ3n) is 5.03. The molecule has 2 aromatic rings. The minimum atomic E-state index is -0.954. The van der Waals surface area contributed by atoms with Gasteiger partial charge in [0.25, 0.3) is 0 Å². The van der Waals surface area contributed by atoms with Crippen LogP contribution < -0.4 is 0 Å². The van der Waals surface area contributed by atoms with E-state index in [4.69, 9.17) is 15.3 Å². The largest absolute Gasteiger partial charge is 0.478 e. The van der Waals surface area contributed by atoms with Crippen molar-refractivity contribution in [2.24, 2.45) is 0 Å². The fourth-order valence-corrected chi connectivity index (χ4v) is 3.65. The number of aliphatic carboxylic acids is 1. The number of hydrogen-bond acceptors (Lipinski definition) is 4. The van der Waals surface area contributed by atoms with Gasteiger partial charge in [0.1, 0.15) is 6.10 Å². The van der Waals surface area contributed by atoms with Gasteiger partial charge in [0.05, 0.1) is 13.2 Å². The zero-order valence-corrected chi connectivity index (χ0v) is 15.8. The quantitative estimate of drug-likeness (QED) is 0.587. The molecule has 4 N–H and O–H groups in total. The van der Waals surface area contributed by atoms with Crippen molar-refractivity contribution in [3.05, 3.63) is 94.6 Å². The molecular weight excluding hydrogens is 368 g/mol. The van der Waals surface area contributed by atoms with Crippen LogP contribution in [0.15, 0.2) is 72.3 Å². The fraction of sp³-hybridized carbons (Fsp3) is 0.208. The molecule has 0 radical (unpaired) electrons. The first kappa shape index (κ1) is 20.7. The molecule has 2 atom stereocenters. The summed E-state index contributed by atoms with van der Waals surface area (Å²) >= 11 is 0. The van der Waals surface area contributed by atoms with Crippen molar-refractivity contribution in [1.29, 1.82) is 0 Å². The molecule has 2 aromatic carbocycles. The van der Waals surface area contributed by atoms with Gasteiger partial charge in [-0.15, -0.1) is 0 Å². The van der Waals surface area contributed by atoms with Crippen molar-refractivity contribution in [3.63, 3.8) is 0 Å². The van der Waals surface area contributed by atoms with Crippen LogP contribution >= 0.6 is 0 Å². The molecule has 150 valence electrons. The van der Waals surface area contributed by atoms with Gasteiger partial charge in [0.2, 0.25) is 0 Å². The Hall–Kier alpha value is -2.99. The molecule has 4 rings (SSSR count). The lowest BCUT2D eigenvalue weighted by Gasteiger charge is -2.21. The lowest BCUT2D eigenvalue weighted by Crippen LogP contribution is -2.15. The minimum Gasteiger partial charge on any atom is -0.478 e. The van der Waals surface area contributed by atoms with E-state index >= 15 is 0 Å². The molecule has 0 saturated carbocycles. The van der Waals surface area contributed by atoms with Crippen LogP contribution in [0.2, 0.25) is 0 Å². The molecule has 0 spiro atoms. The molecule has 0 bridgehead atoms. The maximum absolute atomic E-state index is 11.4. The second-order valence-corrected chi connectivity index (χ2v) is 6.93. The predicted molar refractivity (Wildman–Crippen MR) is 112 cm³/mol. The van der Waals surface area contributed by atoms with Crippen molar-refractivity contribution in [1.82, 2.24) is 0 Å². The first-order chi connectivity index (χ1) is 14.0. The van der Waals surface area contributed by atoms with Crippen molar-refractivity contribution in [3.8, 4) is 0 Å². The highest BCUT2D eigenvalue weighted by molar-refractivity contribution is 5.83. The van der Waals surface area contributed by atoms with E-state index in [-0.39, 0.29) is 25.0 Å². The molecule has 0 aliphatic heterocycles.